The van der Waals surface area contributed by atoms with Crippen molar-refractivity contribution in [3.63, 3.8) is 0 Å². The number of carboxylic acids is 1. The van der Waals surface area contributed by atoms with Crippen molar-refractivity contribution in [3.8, 4) is 0 Å². The van der Waals surface area contributed by atoms with E-state index in [2.05, 4.69) is 29.6 Å². The summed E-state index contributed by atoms with van der Waals surface area (Å²) < 4.78 is 0. The molecule has 2 N–H and O–H groups in total. The number of hydrogen-bond donors (Lipinski definition) is 2. The van der Waals surface area contributed by atoms with Gasteiger partial charge in [0.15, 0.2) is 0 Å². The monoisotopic (exact) mass is 325 g/mol. The minimum Gasteiger partial charge on any atom is -0.481 e. The molecule has 0 heterocycles. The highest BCUT2D eigenvalue weighted by atomic mass is 16.4. The summed E-state index contributed by atoms with van der Waals surface area (Å²) in [6.45, 7) is 3.76. The maximum atomic E-state index is 12.3. The molecule has 1 aliphatic rings. The third-order valence-electron chi connectivity index (χ3n) is 4.98. The van der Waals surface area contributed by atoms with Crippen molar-refractivity contribution < 1.29 is 14.7 Å². The molecule has 0 aromatic heterocycles. The molecule has 2 aromatic rings. The summed E-state index contributed by atoms with van der Waals surface area (Å²) in [7, 11) is 0. The van der Waals surface area contributed by atoms with E-state index in [1.807, 2.05) is 18.2 Å². The van der Waals surface area contributed by atoms with Crippen LogP contribution in [0.2, 0.25) is 0 Å². The summed E-state index contributed by atoms with van der Waals surface area (Å²) in [4.78, 5) is 23.4. The fourth-order valence-corrected chi connectivity index (χ4v) is 3.14. The lowest BCUT2D eigenvalue weighted by molar-refractivity contribution is -0.147. The number of amides is 1. The highest BCUT2D eigenvalue weighted by Crippen LogP contribution is 2.49. The van der Waals surface area contributed by atoms with Gasteiger partial charge in [-0.1, -0.05) is 42.5 Å². The van der Waals surface area contributed by atoms with Gasteiger partial charge in [-0.3, -0.25) is 9.59 Å². The zero-order valence-corrected chi connectivity index (χ0v) is 14.1. The van der Waals surface area contributed by atoms with Crippen molar-refractivity contribution in [2.45, 2.75) is 32.6 Å². The zero-order chi connectivity index (χ0) is 17.3. The van der Waals surface area contributed by atoms with Gasteiger partial charge in [-0.25, -0.2) is 0 Å². The molecule has 24 heavy (non-hydrogen) atoms. The van der Waals surface area contributed by atoms with Gasteiger partial charge in [0.2, 0.25) is 5.91 Å². The molecule has 1 aliphatic carbocycles. The van der Waals surface area contributed by atoms with Crippen LogP contribution in [0.3, 0.4) is 0 Å². The molecule has 0 radical (unpaired) electrons. The number of hydrogen-bond acceptors (Lipinski definition) is 2. The lowest BCUT2D eigenvalue weighted by Gasteiger charge is -2.18. The van der Waals surface area contributed by atoms with Gasteiger partial charge < -0.3 is 10.4 Å². The third-order valence-corrected chi connectivity index (χ3v) is 4.98. The summed E-state index contributed by atoms with van der Waals surface area (Å²) in [5.74, 6) is -0.529. The van der Waals surface area contributed by atoms with Crippen LogP contribution < -0.4 is 5.32 Å². The molecule has 0 aliphatic heterocycles. The maximum absolute atomic E-state index is 12.3. The maximum Gasteiger partial charge on any atom is 0.309 e. The first-order valence-electron chi connectivity index (χ1n) is 8.39. The lowest BCUT2D eigenvalue weighted by atomic mass is 9.90. The zero-order valence-electron chi connectivity index (χ0n) is 14.1. The van der Waals surface area contributed by atoms with Gasteiger partial charge in [0, 0.05) is 12.5 Å². The normalized spacial score (nSPS) is 19.9. The first kappa shape index (κ1) is 16.5. The molecule has 4 nitrogen and oxygen atoms in total. The predicted molar refractivity (Wildman–Crippen MR) is 93.8 cm³/mol. The fourth-order valence-electron chi connectivity index (χ4n) is 3.14. The van der Waals surface area contributed by atoms with E-state index in [0.717, 1.165) is 6.42 Å². The van der Waals surface area contributed by atoms with Gasteiger partial charge >= 0.3 is 5.97 Å². The van der Waals surface area contributed by atoms with Crippen LogP contribution in [0.15, 0.2) is 42.5 Å². The smallest absolute Gasteiger partial charge is 0.309 e. The Labute approximate surface area is 141 Å². The molecular formula is C20H23NO3. The Kier molecular flexibility index (Phi) is 4.31. The van der Waals surface area contributed by atoms with Crippen molar-refractivity contribution in [1.29, 1.82) is 0 Å². The Hall–Kier alpha value is -2.36. The number of nitrogens with one attached hydrogen (secondary N) is 1. The molecule has 3 rings (SSSR count). The van der Waals surface area contributed by atoms with Gasteiger partial charge in [0.05, 0.1) is 5.41 Å². The number of aliphatic carboxylic acids is 1. The van der Waals surface area contributed by atoms with Crippen molar-refractivity contribution in [2.75, 3.05) is 6.54 Å². The SMILES string of the molecule is CC(C)(CCNC(=O)C1CC1c1cccc2ccccc12)C(=O)O. The molecule has 2 atom stereocenters. The van der Waals surface area contributed by atoms with Crippen molar-refractivity contribution in [3.05, 3.63) is 48.0 Å². The van der Waals surface area contributed by atoms with E-state index in [0.29, 0.717) is 13.0 Å². The summed E-state index contributed by atoms with van der Waals surface area (Å²) in [5, 5.41) is 14.4. The van der Waals surface area contributed by atoms with E-state index in [1.165, 1.54) is 16.3 Å². The van der Waals surface area contributed by atoms with Crippen LogP contribution in [-0.4, -0.2) is 23.5 Å². The van der Waals surface area contributed by atoms with Gasteiger partial charge in [-0.05, 0) is 48.9 Å². The number of fused-ring (bicyclic) bond motifs is 1. The van der Waals surface area contributed by atoms with Crippen molar-refractivity contribution >= 4 is 22.6 Å². The van der Waals surface area contributed by atoms with Gasteiger partial charge in [-0.15, -0.1) is 0 Å². The Balaban J connectivity index is 1.61. The van der Waals surface area contributed by atoms with Crippen LogP contribution in [0.5, 0.6) is 0 Å². The van der Waals surface area contributed by atoms with Crippen LogP contribution in [0.4, 0.5) is 0 Å². The number of carbonyl (C=O) groups is 2. The quantitative estimate of drug-likeness (QED) is 0.853. The third kappa shape index (κ3) is 3.28. The molecule has 1 amide bonds. The number of rotatable bonds is 6. The molecule has 0 spiro atoms. The highest BCUT2D eigenvalue weighted by Gasteiger charge is 2.44. The molecule has 0 bridgehead atoms. The molecule has 0 saturated heterocycles. The van der Waals surface area contributed by atoms with Crippen LogP contribution in [0, 0.1) is 11.3 Å². The number of carbonyl (C=O) groups excluding carboxylic acids is 1. The Morgan fingerprint density at radius 3 is 2.62 bits per heavy atom. The Morgan fingerprint density at radius 2 is 1.88 bits per heavy atom. The minimum atomic E-state index is -0.836. The average Bonchev–Trinajstić information content (AvgIpc) is 3.34. The Bertz CT molecular complexity index is 776. The largest absolute Gasteiger partial charge is 0.481 e. The van der Waals surface area contributed by atoms with E-state index in [9.17, 15) is 9.59 Å². The highest BCUT2D eigenvalue weighted by molar-refractivity contribution is 5.89. The average molecular weight is 325 g/mol. The van der Waals surface area contributed by atoms with E-state index in [-0.39, 0.29) is 17.7 Å². The summed E-state index contributed by atoms with van der Waals surface area (Å²) in [6, 6.07) is 14.5. The second kappa shape index (κ2) is 6.27. The van der Waals surface area contributed by atoms with Crippen molar-refractivity contribution in [1.82, 2.24) is 5.32 Å². The van der Waals surface area contributed by atoms with E-state index in [1.54, 1.807) is 13.8 Å². The van der Waals surface area contributed by atoms with Gasteiger partial charge in [0.1, 0.15) is 0 Å². The number of benzene rings is 2. The lowest BCUT2D eigenvalue weighted by Crippen LogP contribution is -2.32. The molecular weight excluding hydrogens is 302 g/mol. The van der Waals surface area contributed by atoms with Gasteiger partial charge in [-0.2, -0.15) is 0 Å². The molecule has 4 heteroatoms. The van der Waals surface area contributed by atoms with Crippen LogP contribution in [0.25, 0.3) is 10.8 Å². The molecule has 126 valence electrons. The Morgan fingerprint density at radius 1 is 1.17 bits per heavy atom. The first-order chi connectivity index (χ1) is 11.4. The van der Waals surface area contributed by atoms with Crippen molar-refractivity contribution in [2.24, 2.45) is 11.3 Å². The number of carboxylic acid groups (broad SMARTS) is 1. The summed E-state index contributed by atoms with van der Waals surface area (Å²) >= 11 is 0. The van der Waals surface area contributed by atoms with Crippen LogP contribution in [0.1, 0.15) is 38.2 Å². The standard InChI is InChI=1S/C20H23NO3/c1-20(2,19(23)24)10-11-21-18(22)17-12-16(17)15-9-5-7-13-6-3-4-8-14(13)15/h3-9,16-17H,10-12H2,1-2H3,(H,21,22)(H,23,24). The van der Waals surface area contributed by atoms with E-state index >= 15 is 0 Å². The molecule has 2 aromatic carbocycles. The summed E-state index contributed by atoms with van der Waals surface area (Å²) in [5.41, 5.74) is 0.422. The molecule has 2 unspecified atom stereocenters. The molecule has 1 saturated carbocycles. The first-order valence-corrected chi connectivity index (χ1v) is 8.39. The fraction of sp³-hybridized carbons (Fsp3) is 0.400. The molecule has 1 fully saturated rings. The van der Waals surface area contributed by atoms with E-state index in [4.69, 9.17) is 5.11 Å². The minimum absolute atomic E-state index is 0.00347. The van der Waals surface area contributed by atoms with Crippen LogP contribution >= 0.6 is 0 Å². The summed E-state index contributed by atoms with van der Waals surface area (Å²) in [6.07, 6.45) is 1.29. The van der Waals surface area contributed by atoms with Crippen LogP contribution in [-0.2, 0) is 9.59 Å². The van der Waals surface area contributed by atoms with E-state index < -0.39 is 11.4 Å². The second-order valence-corrected chi connectivity index (χ2v) is 7.25. The van der Waals surface area contributed by atoms with Gasteiger partial charge in [0.25, 0.3) is 0 Å². The topological polar surface area (TPSA) is 66.4 Å². The predicted octanol–water partition coefficient (Wildman–Crippen LogP) is 3.56. The second-order valence-electron chi connectivity index (χ2n) is 7.25.